The monoisotopic (exact) mass is 612 g/mol. The van der Waals surface area contributed by atoms with Crippen molar-refractivity contribution in [2.75, 3.05) is 6.61 Å². The molecule has 1 saturated heterocycles. The molecule has 228 valence electrons. The summed E-state index contributed by atoms with van der Waals surface area (Å²) >= 11 is 0. The molecule has 0 N–H and O–H groups in total. The minimum absolute atomic E-state index is 0.149. The van der Waals surface area contributed by atoms with Crippen molar-refractivity contribution in [3.05, 3.63) is 88.0 Å². The minimum atomic E-state index is -5.51. The van der Waals surface area contributed by atoms with Gasteiger partial charge in [0.2, 0.25) is 0 Å². The molecule has 0 amide bonds. The van der Waals surface area contributed by atoms with Crippen molar-refractivity contribution in [1.29, 1.82) is 0 Å². The third-order valence-electron chi connectivity index (χ3n) is 6.94. The second-order valence-electron chi connectivity index (χ2n) is 9.96. The van der Waals surface area contributed by atoms with E-state index >= 15 is 8.78 Å². The summed E-state index contributed by atoms with van der Waals surface area (Å²) in [5.74, 6) is -12.4. The lowest BCUT2D eigenvalue weighted by atomic mass is 9.90. The van der Waals surface area contributed by atoms with Gasteiger partial charge in [0.25, 0.3) is 0 Å². The predicted molar refractivity (Wildman–Crippen MR) is 129 cm³/mol. The van der Waals surface area contributed by atoms with E-state index in [0.29, 0.717) is 18.9 Å². The Bertz CT molecular complexity index is 1370. The largest absolute Gasteiger partial charge is 0.432 e. The predicted octanol–water partition coefficient (Wildman–Crippen LogP) is 9.99. The highest BCUT2D eigenvalue weighted by Crippen LogP contribution is 2.41. The average Bonchev–Trinajstić information content (AvgIpc) is 2.85. The average molecular weight is 612 g/mol. The van der Waals surface area contributed by atoms with Gasteiger partial charge in [0.1, 0.15) is 51.8 Å². The maximum absolute atomic E-state index is 15.0. The number of hydrogen-bond acceptors (Lipinski definition) is 2. The summed E-state index contributed by atoms with van der Waals surface area (Å²) in [7, 11) is 0. The van der Waals surface area contributed by atoms with E-state index in [1.54, 1.807) is 0 Å². The Labute approximate surface area is 233 Å². The Balaban J connectivity index is 1.59. The molecule has 2 atom stereocenters. The number of benzene rings is 3. The summed E-state index contributed by atoms with van der Waals surface area (Å²) in [5, 5.41) is 0. The molecule has 3 aromatic rings. The number of ether oxygens (including phenoxy) is 2. The Morgan fingerprint density at radius 2 is 1.29 bits per heavy atom. The van der Waals surface area contributed by atoms with Crippen LogP contribution in [-0.2, 0) is 17.0 Å². The van der Waals surface area contributed by atoms with Gasteiger partial charge in [-0.2, -0.15) is 22.0 Å². The summed E-state index contributed by atoms with van der Waals surface area (Å²) in [6.45, 7) is 2.45. The van der Waals surface area contributed by atoms with Gasteiger partial charge in [0.15, 0.2) is 0 Å². The van der Waals surface area contributed by atoms with Gasteiger partial charge in [-0.1, -0.05) is 19.8 Å². The maximum atomic E-state index is 15.0. The SMILES string of the molecule is CCCCC1CCC(c2cc(F)c(-c3cc(F)c(C(F)(F)Oc4cc(F)c(C(F)(F)F)c(F)c4)c(F)c3)c(F)c2)OC1. The van der Waals surface area contributed by atoms with Crippen LogP contribution in [0.1, 0.15) is 61.8 Å². The van der Waals surface area contributed by atoms with Crippen molar-refractivity contribution in [1.82, 2.24) is 0 Å². The van der Waals surface area contributed by atoms with Crippen LogP contribution in [0.4, 0.5) is 48.3 Å². The van der Waals surface area contributed by atoms with Crippen LogP contribution in [0.2, 0.25) is 0 Å². The van der Waals surface area contributed by atoms with Crippen LogP contribution < -0.4 is 4.74 Å². The zero-order valence-electron chi connectivity index (χ0n) is 21.8. The van der Waals surface area contributed by atoms with Crippen LogP contribution >= 0.6 is 0 Å². The lowest BCUT2D eigenvalue weighted by molar-refractivity contribution is -0.189. The molecule has 0 radical (unpaired) electrons. The first-order valence-corrected chi connectivity index (χ1v) is 12.9. The fraction of sp³-hybridized carbons (Fsp3) is 0.379. The second kappa shape index (κ2) is 12.1. The molecule has 1 heterocycles. The highest BCUT2D eigenvalue weighted by Gasteiger charge is 2.43. The lowest BCUT2D eigenvalue weighted by Gasteiger charge is -2.29. The van der Waals surface area contributed by atoms with Gasteiger partial charge in [-0.15, -0.1) is 0 Å². The number of halogens is 11. The first kappa shape index (κ1) is 31.6. The van der Waals surface area contributed by atoms with E-state index in [1.165, 1.54) is 0 Å². The smallest absolute Gasteiger partial charge is 0.429 e. The van der Waals surface area contributed by atoms with Crippen LogP contribution in [0.3, 0.4) is 0 Å². The fourth-order valence-electron chi connectivity index (χ4n) is 4.92. The van der Waals surface area contributed by atoms with Crippen molar-refractivity contribution >= 4 is 0 Å². The molecular formula is C29H23F11O2. The van der Waals surface area contributed by atoms with E-state index in [4.69, 9.17) is 4.74 Å². The molecule has 3 aromatic carbocycles. The van der Waals surface area contributed by atoms with E-state index in [2.05, 4.69) is 11.7 Å². The lowest BCUT2D eigenvalue weighted by Crippen LogP contribution is -2.25. The third-order valence-corrected chi connectivity index (χ3v) is 6.94. The molecule has 1 aliphatic heterocycles. The molecule has 4 rings (SSSR count). The van der Waals surface area contributed by atoms with Gasteiger partial charge in [-0.3, -0.25) is 0 Å². The highest BCUT2D eigenvalue weighted by molar-refractivity contribution is 5.66. The molecule has 0 saturated carbocycles. The van der Waals surface area contributed by atoms with Gasteiger partial charge < -0.3 is 9.47 Å². The Morgan fingerprint density at radius 3 is 1.76 bits per heavy atom. The summed E-state index contributed by atoms with van der Waals surface area (Å²) in [5.41, 5.74) is -6.06. The van der Waals surface area contributed by atoms with Crippen LogP contribution in [0.25, 0.3) is 11.1 Å². The molecule has 0 aliphatic carbocycles. The molecule has 0 aromatic heterocycles. The molecule has 2 unspecified atom stereocenters. The standard InChI is InChI=1S/C29H23F11O2/c1-2-3-4-14-5-6-24(41-13-14)15-7-18(30)25(19(31)8-15)16-9-20(32)27(21(33)10-16)29(39,40)42-17-11-22(34)26(23(35)12-17)28(36,37)38/h7-12,14,24H,2-6,13H2,1H3. The van der Waals surface area contributed by atoms with Crippen LogP contribution in [0.5, 0.6) is 5.75 Å². The summed E-state index contributed by atoms with van der Waals surface area (Å²) < 4.78 is 164. The first-order valence-electron chi connectivity index (χ1n) is 12.9. The summed E-state index contributed by atoms with van der Waals surface area (Å²) in [6, 6.07) is 1.75. The number of hydrogen-bond donors (Lipinski definition) is 0. The molecule has 13 heteroatoms. The molecule has 42 heavy (non-hydrogen) atoms. The van der Waals surface area contributed by atoms with Crippen molar-refractivity contribution < 1.29 is 57.8 Å². The van der Waals surface area contributed by atoms with Crippen molar-refractivity contribution in [3.8, 4) is 16.9 Å². The minimum Gasteiger partial charge on any atom is -0.429 e. The molecule has 1 fully saturated rings. The van der Waals surface area contributed by atoms with E-state index in [0.717, 1.165) is 37.8 Å². The topological polar surface area (TPSA) is 18.5 Å². The van der Waals surface area contributed by atoms with Crippen molar-refractivity contribution in [2.45, 2.75) is 57.4 Å². The molecule has 0 spiro atoms. The fourth-order valence-corrected chi connectivity index (χ4v) is 4.92. The Morgan fingerprint density at radius 1 is 0.738 bits per heavy atom. The quantitative estimate of drug-likeness (QED) is 0.236. The van der Waals surface area contributed by atoms with Gasteiger partial charge >= 0.3 is 12.3 Å². The van der Waals surface area contributed by atoms with Crippen molar-refractivity contribution in [2.24, 2.45) is 5.92 Å². The molecule has 0 bridgehead atoms. The highest BCUT2D eigenvalue weighted by atomic mass is 19.4. The van der Waals surface area contributed by atoms with Crippen molar-refractivity contribution in [3.63, 3.8) is 0 Å². The number of rotatable bonds is 8. The van der Waals surface area contributed by atoms with E-state index in [-0.39, 0.29) is 29.8 Å². The summed E-state index contributed by atoms with van der Waals surface area (Å²) in [6.07, 6.45) is -6.88. The van der Waals surface area contributed by atoms with Crippen LogP contribution in [0.15, 0.2) is 36.4 Å². The van der Waals surface area contributed by atoms with E-state index in [1.807, 2.05) is 0 Å². The van der Waals surface area contributed by atoms with Gasteiger partial charge in [-0.05, 0) is 60.6 Å². The number of alkyl halides is 5. The van der Waals surface area contributed by atoms with Crippen LogP contribution in [-0.4, -0.2) is 6.61 Å². The number of unbranched alkanes of at least 4 members (excludes halogenated alkanes) is 1. The van der Waals surface area contributed by atoms with E-state index in [9.17, 15) is 39.5 Å². The van der Waals surface area contributed by atoms with Gasteiger partial charge in [-0.25, -0.2) is 26.3 Å². The van der Waals surface area contributed by atoms with Gasteiger partial charge in [0.05, 0.1) is 18.3 Å². The summed E-state index contributed by atoms with van der Waals surface area (Å²) in [4.78, 5) is 0. The van der Waals surface area contributed by atoms with Crippen LogP contribution in [0, 0.1) is 40.8 Å². The van der Waals surface area contributed by atoms with Gasteiger partial charge in [0, 0.05) is 12.1 Å². The Hall–Kier alpha value is -3.35. The molecule has 1 aliphatic rings. The third kappa shape index (κ3) is 6.66. The zero-order valence-corrected chi connectivity index (χ0v) is 21.8. The van der Waals surface area contributed by atoms with E-state index < -0.39 is 81.3 Å². The zero-order chi connectivity index (χ0) is 31.0. The maximum Gasteiger partial charge on any atom is 0.432 e. The normalized spacial score (nSPS) is 17.9. The second-order valence-corrected chi connectivity index (χ2v) is 9.96. The molecule has 2 nitrogen and oxygen atoms in total. The molecular weight excluding hydrogens is 589 g/mol. The Kier molecular flexibility index (Phi) is 9.10. The first-order chi connectivity index (χ1) is 19.6.